The summed E-state index contributed by atoms with van der Waals surface area (Å²) in [6.07, 6.45) is 0. The lowest BCUT2D eigenvalue weighted by molar-refractivity contribution is 0.0963. The van der Waals surface area contributed by atoms with Crippen LogP contribution in [-0.2, 0) is 6.54 Å². The fraction of sp³-hybridized carbons (Fsp3) is 0.188. The van der Waals surface area contributed by atoms with Crippen LogP contribution in [0.2, 0.25) is 0 Å². The molecule has 0 bridgehead atoms. The molecule has 2 aromatic carbocycles. The minimum absolute atomic E-state index is 0.104. The van der Waals surface area contributed by atoms with E-state index in [9.17, 15) is 9.90 Å². The highest BCUT2D eigenvalue weighted by molar-refractivity contribution is 5.94. The smallest absolute Gasteiger partial charge is 0.251 e. The SMILES string of the molecule is CNC(=O)c1ccc(NCc2cccc(C)c2O)cc1. The molecule has 0 saturated heterocycles. The number of phenolic OH excluding ortho intramolecular Hbond substituents is 1. The summed E-state index contributed by atoms with van der Waals surface area (Å²) in [6, 6.07) is 12.9. The molecule has 0 atom stereocenters. The number of para-hydroxylation sites is 1. The molecule has 0 radical (unpaired) electrons. The first-order chi connectivity index (χ1) is 9.61. The van der Waals surface area contributed by atoms with Gasteiger partial charge >= 0.3 is 0 Å². The summed E-state index contributed by atoms with van der Waals surface area (Å²) < 4.78 is 0. The number of phenols is 1. The van der Waals surface area contributed by atoms with Gasteiger partial charge in [0.25, 0.3) is 5.91 Å². The summed E-state index contributed by atoms with van der Waals surface area (Å²) >= 11 is 0. The fourth-order valence-corrected chi connectivity index (χ4v) is 1.94. The standard InChI is InChI=1S/C16H18N2O2/c1-11-4-3-5-13(15(11)19)10-18-14-8-6-12(7-9-14)16(20)17-2/h3-9,18-19H,10H2,1-2H3,(H,17,20). The Kier molecular flexibility index (Phi) is 4.25. The van der Waals surface area contributed by atoms with E-state index in [1.165, 1.54) is 0 Å². The zero-order chi connectivity index (χ0) is 14.5. The summed E-state index contributed by atoms with van der Waals surface area (Å²) in [5, 5.41) is 15.7. The Morgan fingerprint density at radius 2 is 1.85 bits per heavy atom. The summed E-state index contributed by atoms with van der Waals surface area (Å²) in [4.78, 5) is 11.4. The van der Waals surface area contributed by atoms with Crippen molar-refractivity contribution >= 4 is 11.6 Å². The van der Waals surface area contributed by atoms with Gasteiger partial charge in [0, 0.05) is 30.4 Å². The van der Waals surface area contributed by atoms with Crippen LogP contribution in [-0.4, -0.2) is 18.1 Å². The highest BCUT2D eigenvalue weighted by Gasteiger charge is 2.04. The summed E-state index contributed by atoms with van der Waals surface area (Å²) in [5.41, 5.74) is 3.23. The molecule has 0 heterocycles. The van der Waals surface area contributed by atoms with Crippen molar-refractivity contribution in [2.24, 2.45) is 0 Å². The zero-order valence-electron chi connectivity index (χ0n) is 11.6. The molecule has 0 aliphatic rings. The van der Waals surface area contributed by atoms with Crippen molar-refractivity contribution in [3.8, 4) is 5.75 Å². The van der Waals surface area contributed by atoms with E-state index in [-0.39, 0.29) is 5.91 Å². The van der Waals surface area contributed by atoms with Gasteiger partial charge in [0.1, 0.15) is 5.75 Å². The van der Waals surface area contributed by atoms with Crippen molar-refractivity contribution in [3.05, 3.63) is 59.2 Å². The third-order valence-electron chi connectivity index (χ3n) is 3.18. The Hall–Kier alpha value is -2.49. The largest absolute Gasteiger partial charge is 0.507 e. The molecule has 2 rings (SSSR count). The fourth-order valence-electron chi connectivity index (χ4n) is 1.94. The molecule has 4 heteroatoms. The van der Waals surface area contributed by atoms with E-state index in [0.29, 0.717) is 17.9 Å². The maximum atomic E-state index is 11.4. The van der Waals surface area contributed by atoms with Crippen LogP contribution in [0.4, 0.5) is 5.69 Å². The van der Waals surface area contributed by atoms with Gasteiger partial charge in [-0.05, 0) is 36.8 Å². The summed E-state index contributed by atoms with van der Waals surface area (Å²) in [5.74, 6) is 0.217. The van der Waals surface area contributed by atoms with E-state index in [1.54, 1.807) is 19.2 Å². The van der Waals surface area contributed by atoms with Gasteiger partial charge in [0.05, 0.1) is 0 Å². The van der Waals surface area contributed by atoms with Crippen molar-refractivity contribution in [3.63, 3.8) is 0 Å². The molecule has 3 N–H and O–H groups in total. The second-order valence-electron chi connectivity index (χ2n) is 4.59. The van der Waals surface area contributed by atoms with Crippen molar-refractivity contribution in [2.45, 2.75) is 13.5 Å². The van der Waals surface area contributed by atoms with Crippen molar-refractivity contribution in [1.29, 1.82) is 0 Å². The number of aromatic hydroxyl groups is 1. The molecule has 0 fully saturated rings. The molecule has 0 unspecified atom stereocenters. The Morgan fingerprint density at radius 3 is 2.50 bits per heavy atom. The van der Waals surface area contributed by atoms with Crippen LogP contribution in [0.15, 0.2) is 42.5 Å². The molecule has 1 amide bonds. The second-order valence-corrected chi connectivity index (χ2v) is 4.59. The number of carbonyl (C=O) groups is 1. The first kappa shape index (κ1) is 13.9. The molecule has 0 spiro atoms. The number of aryl methyl sites for hydroxylation is 1. The number of hydrogen-bond acceptors (Lipinski definition) is 3. The number of amides is 1. The molecule has 4 nitrogen and oxygen atoms in total. The van der Waals surface area contributed by atoms with Gasteiger partial charge in [0.15, 0.2) is 0 Å². The summed E-state index contributed by atoms with van der Waals surface area (Å²) in [7, 11) is 1.61. The normalized spacial score (nSPS) is 10.1. The molecule has 2 aromatic rings. The van der Waals surface area contributed by atoms with Crippen molar-refractivity contribution in [1.82, 2.24) is 5.32 Å². The van der Waals surface area contributed by atoms with E-state index < -0.39 is 0 Å². The zero-order valence-corrected chi connectivity index (χ0v) is 11.6. The van der Waals surface area contributed by atoms with Crippen LogP contribution in [0.1, 0.15) is 21.5 Å². The number of nitrogens with one attached hydrogen (secondary N) is 2. The first-order valence-corrected chi connectivity index (χ1v) is 6.45. The average Bonchev–Trinajstić information content (AvgIpc) is 2.48. The van der Waals surface area contributed by atoms with E-state index in [1.807, 2.05) is 37.3 Å². The predicted molar refractivity (Wildman–Crippen MR) is 80.0 cm³/mol. The number of anilines is 1. The molecule has 0 aliphatic carbocycles. The van der Waals surface area contributed by atoms with E-state index in [0.717, 1.165) is 16.8 Å². The van der Waals surface area contributed by atoms with Crippen LogP contribution in [0.25, 0.3) is 0 Å². The third-order valence-corrected chi connectivity index (χ3v) is 3.18. The van der Waals surface area contributed by atoms with Crippen molar-refractivity contribution < 1.29 is 9.90 Å². The maximum absolute atomic E-state index is 11.4. The van der Waals surface area contributed by atoms with Crippen LogP contribution in [0, 0.1) is 6.92 Å². The monoisotopic (exact) mass is 270 g/mol. The molecule has 0 aliphatic heterocycles. The maximum Gasteiger partial charge on any atom is 0.251 e. The molecular formula is C16H18N2O2. The minimum Gasteiger partial charge on any atom is -0.507 e. The van der Waals surface area contributed by atoms with Crippen LogP contribution < -0.4 is 10.6 Å². The van der Waals surface area contributed by atoms with Gasteiger partial charge in [-0.15, -0.1) is 0 Å². The number of rotatable bonds is 4. The quantitative estimate of drug-likeness (QED) is 0.800. The van der Waals surface area contributed by atoms with Gasteiger partial charge in [-0.3, -0.25) is 4.79 Å². The molecule has 104 valence electrons. The Morgan fingerprint density at radius 1 is 1.15 bits per heavy atom. The average molecular weight is 270 g/mol. The van der Waals surface area contributed by atoms with Gasteiger partial charge < -0.3 is 15.7 Å². The molecule has 20 heavy (non-hydrogen) atoms. The predicted octanol–water partition coefficient (Wildman–Crippen LogP) is 2.67. The highest BCUT2D eigenvalue weighted by atomic mass is 16.3. The van der Waals surface area contributed by atoms with Gasteiger partial charge in [0.2, 0.25) is 0 Å². The number of benzene rings is 2. The lowest BCUT2D eigenvalue weighted by Crippen LogP contribution is -2.17. The van der Waals surface area contributed by atoms with Crippen molar-refractivity contribution in [2.75, 3.05) is 12.4 Å². The first-order valence-electron chi connectivity index (χ1n) is 6.45. The van der Waals surface area contributed by atoms with Crippen LogP contribution >= 0.6 is 0 Å². The number of hydrogen-bond donors (Lipinski definition) is 3. The second kappa shape index (κ2) is 6.10. The van der Waals surface area contributed by atoms with E-state index in [2.05, 4.69) is 10.6 Å². The minimum atomic E-state index is -0.104. The summed E-state index contributed by atoms with van der Waals surface area (Å²) in [6.45, 7) is 2.41. The van der Waals surface area contributed by atoms with Crippen LogP contribution in [0.5, 0.6) is 5.75 Å². The van der Waals surface area contributed by atoms with E-state index >= 15 is 0 Å². The van der Waals surface area contributed by atoms with Crippen LogP contribution in [0.3, 0.4) is 0 Å². The number of carbonyl (C=O) groups excluding carboxylic acids is 1. The molecular weight excluding hydrogens is 252 g/mol. The third kappa shape index (κ3) is 3.09. The van der Waals surface area contributed by atoms with E-state index in [4.69, 9.17) is 0 Å². The Bertz CT molecular complexity index is 606. The van der Waals surface area contributed by atoms with Gasteiger partial charge in [-0.2, -0.15) is 0 Å². The Balaban J connectivity index is 2.04. The lowest BCUT2D eigenvalue weighted by Gasteiger charge is -2.10. The topological polar surface area (TPSA) is 61.4 Å². The van der Waals surface area contributed by atoms with Gasteiger partial charge in [-0.25, -0.2) is 0 Å². The van der Waals surface area contributed by atoms with Gasteiger partial charge in [-0.1, -0.05) is 18.2 Å². The Labute approximate surface area is 118 Å². The lowest BCUT2D eigenvalue weighted by atomic mass is 10.1. The highest BCUT2D eigenvalue weighted by Crippen LogP contribution is 2.22. The molecule has 0 aromatic heterocycles. The molecule has 0 saturated carbocycles.